The largest absolute Gasteiger partial charge is 0.349 e. The summed E-state index contributed by atoms with van der Waals surface area (Å²) in [6.45, 7) is 0.943. The standard InChI is InChI=1S/C15H16ClN3S2/c16-13-6-5-12(21-13)15(11-3-2-10-20-11)19-7-1-4-14-17-8-9-18-14/h2-3,5-6,8-10,15,19H,1,4,7H2,(H,17,18). The van der Waals surface area contributed by atoms with Crippen LogP contribution in [0.2, 0.25) is 4.34 Å². The van der Waals surface area contributed by atoms with Crippen molar-refractivity contribution < 1.29 is 0 Å². The summed E-state index contributed by atoms with van der Waals surface area (Å²) in [4.78, 5) is 9.97. The summed E-state index contributed by atoms with van der Waals surface area (Å²) in [5.41, 5.74) is 0. The van der Waals surface area contributed by atoms with Gasteiger partial charge in [0.25, 0.3) is 0 Å². The fourth-order valence-corrected chi connectivity index (χ4v) is 4.27. The molecular formula is C15H16ClN3S2. The second kappa shape index (κ2) is 7.22. The molecular weight excluding hydrogens is 322 g/mol. The molecule has 0 aromatic carbocycles. The molecule has 3 nitrogen and oxygen atoms in total. The maximum absolute atomic E-state index is 6.08. The molecule has 1 unspecified atom stereocenters. The fraction of sp³-hybridized carbons (Fsp3) is 0.267. The SMILES string of the molecule is Clc1ccc(C(NCCCc2ncc[nH]2)c2cccs2)s1. The highest BCUT2D eigenvalue weighted by atomic mass is 35.5. The minimum absolute atomic E-state index is 0.235. The maximum Gasteiger partial charge on any atom is 0.106 e. The number of aromatic amines is 1. The van der Waals surface area contributed by atoms with Crippen molar-refractivity contribution in [1.29, 1.82) is 0 Å². The van der Waals surface area contributed by atoms with Crippen LogP contribution in [-0.2, 0) is 6.42 Å². The monoisotopic (exact) mass is 337 g/mol. The zero-order chi connectivity index (χ0) is 14.5. The lowest BCUT2D eigenvalue weighted by Crippen LogP contribution is -2.22. The Kier molecular flexibility index (Phi) is 5.08. The fourth-order valence-electron chi connectivity index (χ4n) is 2.22. The Morgan fingerprint density at radius 3 is 2.90 bits per heavy atom. The third kappa shape index (κ3) is 3.95. The van der Waals surface area contributed by atoms with Gasteiger partial charge in [-0.05, 0) is 36.5 Å². The quantitative estimate of drug-likeness (QED) is 0.623. The molecule has 3 heterocycles. The molecule has 0 spiro atoms. The normalized spacial score (nSPS) is 12.6. The van der Waals surface area contributed by atoms with E-state index in [9.17, 15) is 0 Å². The average molecular weight is 338 g/mol. The van der Waals surface area contributed by atoms with Gasteiger partial charge in [0.05, 0.1) is 10.4 Å². The molecule has 0 aliphatic rings. The highest BCUT2D eigenvalue weighted by molar-refractivity contribution is 7.16. The van der Waals surface area contributed by atoms with Gasteiger partial charge in [-0.3, -0.25) is 0 Å². The zero-order valence-electron chi connectivity index (χ0n) is 11.4. The van der Waals surface area contributed by atoms with E-state index in [1.807, 2.05) is 12.3 Å². The van der Waals surface area contributed by atoms with Crippen molar-refractivity contribution in [2.75, 3.05) is 6.54 Å². The van der Waals surface area contributed by atoms with Gasteiger partial charge < -0.3 is 10.3 Å². The second-order valence-corrected chi connectivity index (χ2v) is 7.41. The first-order valence-corrected chi connectivity index (χ1v) is 8.90. The summed E-state index contributed by atoms with van der Waals surface area (Å²) in [6.07, 6.45) is 5.67. The van der Waals surface area contributed by atoms with Crippen LogP contribution in [-0.4, -0.2) is 16.5 Å². The maximum atomic E-state index is 6.08. The summed E-state index contributed by atoms with van der Waals surface area (Å²) < 4.78 is 0.837. The lowest BCUT2D eigenvalue weighted by molar-refractivity contribution is 0.591. The van der Waals surface area contributed by atoms with Crippen molar-refractivity contribution in [3.8, 4) is 0 Å². The smallest absolute Gasteiger partial charge is 0.106 e. The minimum atomic E-state index is 0.235. The highest BCUT2D eigenvalue weighted by Crippen LogP contribution is 2.32. The van der Waals surface area contributed by atoms with Crippen LogP contribution in [0.1, 0.15) is 28.0 Å². The number of halogens is 1. The molecule has 0 fully saturated rings. The molecule has 0 radical (unpaired) electrons. The van der Waals surface area contributed by atoms with E-state index in [2.05, 4.69) is 38.9 Å². The summed E-state index contributed by atoms with van der Waals surface area (Å²) in [6, 6.07) is 8.57. The molecule has 0 amide bonds. The van der Waals surface area contributed by atoms with Crippen LogP contribution in [0, 0.1) is 0 Å². The van der Waals surface area contributed by atoms with Gasteiger partial charge in [-0.2, -0.15) is 0 Å². The van der Waals surface area contributed by atoms with Crippen molar-refractivity contribution in [3.05, 3.63) is 62.0 Å². The van der Waals surface area contributed by atoms with Crippen molar-refractivity contribution >= 4 is 34.3 Å². The molecule has 0 aliphatic carbocycles. The van der Waals surface area contributed by atoms with Crippen LogP contribution in [0.5, 0.6) is 0 Å². The first-order valence-electron chi connectivity index (χ1n) is 6.83. The predicted octanol–water partition coefficient (Wildman–Crippen LogP) is 4.50. The van der Waals surface area contributed by atoms with Crippen molar-refractivity contribution in [2.24, 2.45) is 0 Å². The number of imidazole rings is 1. The number of thiophene rings is 2. The topological polar surface area (TPSA) is 40.7 Å². The molecule has 3 aromatic rings. The van der Waals surface area contributed by atoms with E-state index < -0.39 is 0 Å². The molecule has 0 saturated carbocycles. The van der Waals surface area contributed by atoms with E-state index in [0.29, 0.717) is 0 Å². The summed E-state index contributed by atoms with van der Waals surface area (Å²) in [5.74, 6) is 1.05. The molecule has 0 saturated heterocycles. The van der Waals surface area contributed by atoms with E-state index in [4.69, 9.17) is 11.6 Å². The van der Waals surface area contributed by atoms with E-state index in [-0.39, 0.29) is 6.04 Å². The number of aromatic nitrogens is 2. The number of hydrogen-bond acceptors (Lipinski definition) is 4. The number of nitrogens with zero attached hydrogens (tertiary/aromatic N) is 1. The van der Waals surface area contributed by atoms with E-state index in [0.717, 1.165) is 29.5 Å². The van der Waals surface area contributed by atoms with Gasteiger partial charge in [0.2, 0.25) is 0 Å². The molecule has 1 atom stereocenters. The Morgan fingerprint density at radius 2 is 2.24 bits per heavy atom. The number of hydrogen-bond donors (Lipinski definition) is 2. The minimum Gasteiger partial charge on any atom is -0.349 e. The van der Waals surface area contributed by atoms with Gasteiger partial charge >= 0.3 is 0 Å². The van der Waals surface area contributed by atoms with Gasteiger partial charge in [0.15, 0.2) is 0 Å². The Labute approximate surface area is 137 Å². The highest BCUT2D eigenvalue weighted by Gasteiger charge is 2.16. The van der Waals surface area contributed by atoms with Gasteiger partial charge in [-0.1, -0.05) is 17.7 Å². The summed E-state index contributed by atoms with van der Waals surface area (Å²) >= 11 is 9.49. The summed E-state index contributed by atoms with van der Waals surface area (Å²) in [5, 5.41) is 5.75. The van der Waals surface area contributed by atoms with Crippen LogP contribution in [0.15, 0.2) is 42.0 Å². The lowest BCUT2D eigenvalue weighted by Gasteiger charge is -2.16. The van der Waals surface area contributed by atoms with Gasteiger partial charge in [0.1, 0.15) is 5.82 Å². The number of rotatable bonds is 7. The Bertz CT molecular complexity index is 646. The molecule has 6 heteroatoms. The van der Waals surface area contributed by atoms with Crippen molar-refractivity contribution in [3.63, 3.8) is 0 Å². The Balaban J connectivity index is 1.60. The van der Waals surface area contributed by atoms with Crippen LogP contribution < -0.4 is 5.32 Å². The summed E-state index contributed by atoms with van der Waals surface area (Å²) in [7, 11) is 0. The molecule has 3 rings (SSSR count). The lowest BCUT2D eigenvalue weighted by atomic mass is 10.2. The zero-order valence-corrected chi connectivity index (χ0v) is 13.8. The number of H-pyrrole nitrogens is 1. The third-order valence-corrected chi connectivity index (χ3v) is 5.43. The van der Waals surface area contributed by atoms with Gasteiger partial charge in [-0.15, -0.1) is 22.7 Å². The van der Waals surface area contributed by atoms with Crippen LogP contribution in [0.25, 0.3) is 0 Å². The van der Waals surface area contributed by atoms with E-state index in [1.54, 1.807) is 28.9 Å². The Hall–Kier alpha value is -1.14. The predicted molar refractivity (Wildman–Crippen MR) is 90.4 cm³/mol. The molecule has 2 N–H and O–H groups in total. The molecule has 110 valence electrons. The van der Waals surface area contributed by atoms with Gasteiger partial charge in [-0.25, -0.2) is 4.98 Å². The molecule has 3 aromatic heterocycles. The van der Waals surface area contributed by atoms with Gasteiger partial charge in [0, 0.05) is 28.6 Å². The second-order valence-electron chi connectivity index (χ2n) is 4.68. The van der Waals surface area contributed by atoms with Crippen LogP contribution in [0.3, 0.4) is 0 Å². The van der Waals surface area contributed by atoms with E-state index in [1.165, 1.54) is 9.75 Å². The average Bonchev–Trinajstić information content (AvgIpc) is 3.20. The first kappa shape index (κ1) is 14.8. The van der Waals surface area contributed by atoms with Crippen LogP contribution in [0.4, 0.5) is 0 Å². The molecule has 21 heavy (non-hydrogen) atoms. The first-order chi connectivity index (χ1) is 10.3. The van der Waals surface area contributed by atoms with Crippen molar-refractivity contribution in [1.82, 2.24) is 15.3 Å². The van der Waals surface area contributed by atoms with Crippen molar-refractivity contribution in [2.45, 2.75) is 18.9 Å². The number of nitrogens with one attached hydrogen (secondary N) is 2. The Morgan fingerprint density at radius 1 is 1.29 bits per heavy atom. The van der Waals surface area contributed by atoms with Crippen LogP contribution >= 0.6 is 34.3 Å². The third-order valence-electron chi connectivity index (χ3n) is 3.20. The van der Waals surface area contributed by atoms with E-state index >= 15 is 0 Å². The molecule has 0 aliphatic heterocycles. The number of aryl methyl sites for hydroxylation is 1. The molecule has 0 bridgehead atoms.